The predicted octanol–water partition coefficient (Wildman–Crippen LogP) is 3.42. The lowest BCUT2D eigenvalue weighted by Gasteiger charge is -2.32. The minimum Gasteiger partial charge on any atom is -0.313 e. The number of aryl methyl sites for hydroxylation is 1. The number of nitrogens with one attached hydrogen (secondary N) is 1. The molecule has 4 heteroatoms. The molecule has 1 aromatic carbocycles. The molecule has 1 aliphatic rings. The molecule has 1 atom stereocenters. The Labute approximate surface area is 126 Å². The molecular weight excluding hydrogens is 270 g/mol. The summed E-state index contributed by atoms with van der Waals surface area (Å²) in [5.74, 6) is 0.476. The van der Waals surface area contributed by atoms with Crippen molar-refractivity contribution in [2.75, 3.05) is 26.2 Å². The molecule has 1 aliphatic heterocycles. The van der Waals surface area contributed by atoms with Gasteiger partial charge in [-0.3, -0.25) is 4.90 Å². The Morgan fingerprint density at radius 2 is 2.00 bits per heavy atom. The lowest BCUT2D eigenvalue weighted by atomic mass is 9.98. The van der Waals surface area contributed by atoms with Crippen LogP contribution in [0.1, 0.15) is 36.8 Å². The normalized spacial score (nSPS) is 19.1. The number of benzene rings is 1. The van der Waals surface area contributed by atoms with Crippen LogP contribution in [0.5, 0.6) is 0 Å². The highest BCUT2D eigenvalue weighted by Crippen LogP contribution is 2.17. The number of hydrogen-bond donors (Lipinski definition) is 1. The second kappa shape index (κ2) is 7.85. The highest BCUT2D eigenvalue weighted by molar-refractivity contribution is 5.25. The van der Waals surface area contributed by atoms with Crippen LogP contribution < -0.4 is 5.32 Å². The van der Waals surface area contributed by atoms with Crippen molar-refractivity contribution in [2.24, 2.45) is 0 Å². The van der Waals surface area contributed by atoms with Crippen LogP contribution in [0.3, 0.4) is 0 Å². The highest BCUT2D eigenvalue weighted by atomic mass is 19.3. The Balaban J connectivity index is 1.72. The highest BCUT2D eigenvalue weighted by Gasteiger charge is 2.21. The van der Waals surface area contributed by atoms with Crippen molar-refractivity contribution in [2.45, 2.75) is 45.1 Å². The molecule has 0 aromatic heterocycles. The summed E-state index contributed by atoms with van der Waals surface area (Å²) in [5.41, 5.74) is 2.65. The lowest BCUT2D eigenvalue weighted by molar-refractivity contribution is 0.0730. The van der Waals surface area contributed by atoms with Crippen molar-refractivity contribution in [1.29, 1.82) is 0 Å². The third kappa shape index (κ3) is 5.36. The Morgan fingerprint density at radius 1 is 1.29 bits per heavy atom. The van der Waals surface area contributed by atoms with E-state index in [9.17, 15) is 8.78 Å². The second-order valence-corrected chi connectivity index (χ2v) is 6.19. The maximum absolute atomic E-state index is 12.3. The summed E-state index contributed by atoms with van der Waals surface area (Å²) < 4.78 is 24.7. The average Bonchev–Trinajstić information content (AvgIpc) is 2.45. The molecule has 1 N–H and O–H groups in total. The molecule has 0 aliphatic carbocycles. The SMILES string of the molecule is Cc1cccc([C@H](C)CNC2CCN(CC(F)F)CC2)c1. The van der Waals surface area contributed by atoms with E-state index < -0.39 is 6.43 Å². The molecule has 0 radical (unpaired) electrons. The van der Waals surface area contributed by atoms with Gasteiger partial charge in [0.05, 0.1) is 6.54 Å². The third-order valence-corrected chi connectivity index (χ3v) is 4.31. The second-order valence-electron chi connectivity index (χ2n) is 6.19. The first-order valence-electron chi connectivity index (χ1n) is 7.85. The van der Waals surface area contributed by atoms with Crippen LogP contribution in [0.4, 0.5) is 8.78 Å². The number of hydrogen-bond acceptors (Lipinski definition) is 2. The summed E-state index contributed by atoms with van der Waals surface area (Å²) in [6.45, 7) is 6.77. The largest absolute Gasteiger partial charge is 0.313 e. The number of rotatable bonds is 6. The smallest absolute Gasteiger partial charge is 0.251 e. The molecule has 0 spiro atoms. The van der Waals surface area contributed by atoms with Crippen molar-refractivity contribution in [1.82, 2.24) is 10.2 Å². The lowest BCUT2D eigenvalue weighted by Crippen LogP contribution is -2.44. The zero-order valence-corrected chi connectivity index (χ0v) is 13.0. The minimum absolute atomic E-state index is 0.0770. The van der Waals surface area contributed by atoms with Crippen molar-refractivity contribution < 1.29 is 8.78 Å². The van der Waals surface area contributed by atoms with Crippen LogP contribution in [0.2, 0.25) is 0 Å². The molecular formula is C17H26F2N2. The molecule has 118 valence electrons. The molecule has 2 nitrogen and oxygen atoms in total. The Kier molecular flexibility index (Phi) is 6.12. The van der Waals surface area contributed by atoms with E-state index in [1.165, 1.54) is 11.1 Å². The first-order valence-corrected chi connectivity index (χ1v) is 7.85. The van der Waals surface area contributed by atoms with Crippen LogP contribution in [-0.2, 0) is 0 Å². The van der Waals surface area contributed by atoms with Gasteiger partial charge in [0.15, 0.2) is 0 Å². The van der Waals surface area contributed by atoms with Crippen LogP contribution in [0.25, 0.3) is 0 Å². The molecule has 0 amide bonds. The minimum atomic E-state index is -2.21. The third-order valence-electron chi connectivity index (χ3n) is 4.31. The number of likely N-dealkylation sites (tertiary alicyclic amines) is 1. The first-order chi connectivity index (χ1) is 10.0. The maximum Gasteiger partial charge on any atom is 0.251 e. The van der Waals surface area contributed by atoms with Gasteiger partial charge in [-0.25, -0.2) is 8.78 Å². The fourth-order valence-electron chi connectivity index (χ4n) is 2.95. The van der Waals surface area contributed by atoms with E-state index in [0.29, 0.717) is 12.0 Å². The van der Waals surface area contributed by atoms with E-state index >= 15 is 0 Å². The molecule has 2 rings (SSSR count). The fourth-order valence-corrected chi connectivity index (χ4v) is 2.95. The van der Waals surface area contributed by atoms with Crippen LogP contribution in [-0.4, -0.2) is 43.5 Å². The topological polar surface area (TPSA) is 15.3 Å². The van der Waals surface area contributed by atoms with Crippen molar-refractivity contribution in [3.63, 3.8) is 0 Å². The van der Waals surface area contributed by atoms with E-state index in [1.54, 1.807) is 0 Å². The van der Waals surface area contributed by atoms with Gasteiger partial charge >= 0.3 is 0 Å². The number of halogens is 2. The monoisotopic (exact) mass is 296 g/mol. The zero-order valence-electron chi connectivity index (χ0n) is 13.0. The molecule has 21 heavy (non-hydrogen) atoms. The molecule has 0 bridgehead atoms. The molecule has 1 saturated heterocycles. The van der Waals surface area contributed by atoms with Gasteiger partial charge in [0, 0.05) is 12.6 Å². The quantitative estimate of drug-likeness (QED) is 0.865. The van der Waals surface area contributed by atoms with E-state index in [2.05, 4.69) is 43.4 Å². The zero-order chi connectivity index (χ0) is 15.2. The Hall–Kier alpha value is -1.00. The van der Waals surface area contributed by atoms with Gasteiger partial charge in [-0.1, -0.05) is 36.8 Å². The van der Waals surface area contributed by atoms with Crippen LogP contribution in [0.15, 0.2) is 24.3 Å². The summed E-state index contributed by atoms with van der Waals surface area (Å²) in [6, 6.07) is 9.08. The van der Waals surface area contributed by atoms with Crippen molar-refractivity contribution in [3.05, 3.63) is 35.4 Å². The van der Waals surface area contributed by atoms with E-state index in [0.717, 1.165) is 32.5 Å². The molecule has 1 fully saturated rings. The van der Waals surface area contributed by atoms with Gasteiger partial charge in [-0.15, -0.1) is 0 Å². The van der Waals surface area contributed by atoms with E-state index in [1.807, 2.05) is 4.90 Å². The summed E-state index contributed by atoms with van der Waals surface area (Å²) >= 11 is 0. The fraction of sp³-hybridized carbons (Fsp3) is 0.647. The maximum atomic E-state index is 12.3. The number of piperidine rings is 1. The molecule has 0 saturated carbocycles. The van der Waals surface area contributed by atoms with Gasteiger partial charge in [-0.05, 0) is 44.3 Å². The van der Waals surface area contributed by atoms with Gasteiger partial charge in [0.1, 0.15) is 0 Å². The van der Waals surface area contributed by atoms with Crippen molar-refractivity contribution in [3.8, 4) is 0 Å². The van der Waals surface area contributed by atoms with Crippen LogP contribution >= 0.6 is 0 Å². The van der Waals surface area contributed by atoms with Gasteiger partial charge in [0.25, 0.3) is 6.43 Å². The summed E-state index contributed by atoms with van der Waals surface area (Å²) in [7, 11) is 0. The number of nitrogens with zero attached hydrogens (tertiary/aromatic N) is 1. The van der Waals surface area contributed by atoms with Gasteiger partial charge < -0.3 is 5.32 Å². The molecule has 0 unspecified atom stereocenters. The standard InChI is InChI=1S/C17H26F2N2/c1-13-4-3-5-15(10-13)14(2)11-20-16-6-8-21(9-7-16)12-17(18)19/h3-5,10,14,16-17,20H,6-9,11-12H2,1-2H3/t14-/m1/s1. The summed E-state index contributed by atoms with van der Waals surface area (Å²) in [5, 5.41) is 3.60. The molecule has 1 heterocycles. The first kappa shape index (κ1) is 16.4. The summed E-state index contributed by atoms with van der Waals surface area (Å²) in [4.78, 5) is 1.87. The predicted molar refractivity (Wildman–Crippen MR) is 83.1 cm³/mol. The number of alkyl halides is 2. The average molecular weight is 296 g/mol. The van der Waals surface area contributed by atoms with E-state index in [-0.39, 0.29) is 6.54 Å². The summed E-state index contributed by atoms with van der Waals surface area (Å²) in [6.07, 6.45) is -0.281. The Bertz CT molecular complexity index is 429. The van der Waals surface area contributed by atoms with E-state index in [4.69, 9.17) is 0 Å². The van der Waals surface area contributed by atoms with Crippen molar-refractivity contribution >= 4 is 0 Å². The van der Waals surface area contributed by atoms with Crippen LogP contribution in [0, 0.1) is 6.92 Å². The van der Waals surface area contributed by atoms with Gasteiger partial charge in [0.2, 0.25) is 0 Å². The molecule has 1 aromatic rings. The Morgan fingerprint density at radius 3 is 2.62 bits per heavy atom. The van der Waals surface area contributed by atoms with Gasteiger partial charge in [-0.2, -0.15) is 0 Å².